The van der Waals surface area contributed by atoms with Crippen molar-refractivity contribution in [1.82, 2.24) is 0 Å². The molecule has 3 nitrogen and oxygen atoms in total. The first-order valence-corrected chi connectivity index (χ1v) is 6.61. The molecule has 3 aromatic rings. The lowest BCUT2D eigenvalue weighted by Gasteiger charge is -2.07. The summed E-state index contributed by atoms with van der Waals surface area (Å²) >= 11 is 0. The number of rotatable bonds is 3. The second-order valence-electron chi connectivity index (χ2n) is 4.63. The molecule has 0 bridgehead atoms. The van der Waals surface area contributed by atoms with Crippen molar-refractivity contribution in [2.45, 2.75) is 0 Å². The van der Waals surface area contributed by atoms with Gasteiger partial charge in [-0.1, -0.05) is 30.3 Å². The summed E-state index contributed by atoms with van der Waals surface area (Å²) in [5, 5.41) is 2.30. The zero-order valence-corrected chi connectivity index (χ0v) is 11.6. The molecule has 0 aromatic heterocycles. The molecule has 0 aliphatic heterocycles. The minimum Gasteiger partial charge on any atom is -0.465 e. The maximum atomic E-state index is 11.4. The molecular formula is C18H14O3. The summed E-state index contributed by atoms with van der Waals surface area (Å²) in [6, 6.07) is 20.9. The highest BCUT2D eigenvalue weighted by Gasteiger charge is 2.05. The van der Waals surface area contributed by atoms with Gasteiger partial charge in [0.05, 0.1) is 12.7 Å². The molecule has 0 heterocycles. The summed E-state index contributed by atoms with van der Waals surface area (Å²) in [7, 11) is 1.36. The molecule has 0 amide bonds. The minimum absolute atomic E-state index is 0.354. The molecular weight excluding hydrogens is 264 g/mol. The van der Waals surface area contributed by atoms with Crippen molar-refractivity contribution in [3.8, 4) is 11.5 Å². The SMILES string of the molecule is COC(=O)c1ccc(Oc2ccc3ccccc3c2)cc1. The Balaban J connectivity index is 1.83. The van der Waals surface area contributed by atoms with Gasteiger partial charge in [-0.05, 0) is 47.2 Å². The molecule has 3 aromatic carbocycles. The van der Waals surface area contributed by atoms with Crippen LogP contribution in [-0.4, -0.2) is 13.1 Å². The second kappa shape index (κ2) is 5.67. The van der Waals surface area contributed by atoms with E-state index in [0.29, 0.717) is 11.3 Å². The highest BCUT2D eigenvalue weighted by Crippen LogP contribution is 2.25. The highest BCUT2D eigenvalue weighted by molar-refractivity contribution is 5.89. The summed E-state index contributed by atoms with van der Waals surface area (Å²) in [6.07, 6.45) is 0. The zero-order valence-electron chi connectivity index (χ0n) is 11.6. The van der Waals surface area contributed by atoms with E-state index in [0.717, 1.165) is 11.1 Å². The van der Waals surface area contributed by atoms with Gasteiger partial charge in [0.2, 0.25) is 0 Å². The average Bonchev–Trinajstić information content (AvgIpc) is 2.55. The zero-order chi connectivity index (χ0) is 14.7. The maximum Gasteiger partial charge on any atom is 0.337 e. The molecule has 104 valence electrons. The van der Waals surface area contributed by atoms with Crippen LogP contribution in [0.1, 0.15) is 10.4 Å². The van der Waals surface area contributed by atoms with Crippen molar-refractivity contribution in [3.63, 3.8) is 0 Å². The first-order chi connectivity index (χ1) is 10.3. The molecule has 3 heteroatoms. The summed E-state index contributed by atoms with van der Waals surface area (Å²) < 4.78 is 10.5. The third-order valence-corrected chi connectivity index (χ3v) is 3.23. The Hall–Kier alpha value is -2.81. The van der Waals surface area contributed by atoms with Gasteiger partial charge in [-0.2, -0.15) is 0 Å². The van der Waals surface area contributed by atoms with Gasteiger partial charge in [-0.15, -0.1) is 0 Å². The van der Waals surface area contributed by atoms with E-state index < -0.39 is 0 Å². The fourth-order valence-electron chi connectivity index (χ4n) is 2.14. The minimum atomic E-state index is -0.354. The van der Waals surface area contributed by atoms with Gasteiger partial charge in [-0.3, -0.25) is 0 Å². The number of hydrogen-bond acceptors (Lipinski definition) is 3. The van der Waals surface area contributed by atoms with Crippen LogP contribution in [0.4, 0.5) is 0 Å². The maximum absolute atomic E-state index is 11.4. The van der Waals surface area contributed by atoms with E-state index in [9.17, 15) is 4.79 Å². The molecule has 0 N–H and O–H groups in total. The Kier molecular flexibility index (Phi) is 3.56. The standard InChI is InChI=1S/C18H14O3/c1-20-18(19)14-7-9-16(10-8-14)21-17-11-6-13-4-2-3-5-15(13)12-17/h2-12H,1H3. The van der Waals surface area contributed by atoms with Crippen molar-refractivity contribution >= 4 is 16.7 Å². The summed E-state index contributed by atoms with van der Waals surface area (Å²) in [4.78, 5) is 11.4. The fraction of sp³-hybridized carbons (Fsp3) is 0.0556. The number of fused-ring (bicyclic) bond motifs is 1. The van der Waals surface area contributed by atoms with E-state index >= 15 is 0 Å². The van der Waals surface area contributed by atoms with Crippen LogP contribution in [0.3, 0.4) is 0 Å². The largest absolute Gasteiger partial charge is 0.465 e. The van der Waals surface area contributed by atoms with E-state index in [1.807, 2.05) is 36.4 Å². The van der Waals surface area contributed by atoms with Crippen LogP contribution < -0.4 is 4.74 Å². The van der Waals surface area contributed by atoms with Gasteiger partial charge >= 0.3 is 5.97 Å². The predicted octanol–water partition coefficient (Wildman–Crippen LogP) is 4.42. The van der Waals surface area contributed by atoms with Crippen LogP contribution >= 0.6 is 0 Å². The molecule has 0 spiro atoms. The highest BCUT2D eigenvalue weighted by atomic mass is 16.5. The normalized spacial score (nSPS) is 10.3. The van der Waals surface area contributed by atoms with E-state index in [1.54, 1.807) is 24.3 Å². The van der Waals surface area contributed by atoms with Crippen LogP contribution in [0.2, 0.25) is 0 Å². The molecule has 0 unspecified atom stereocenters. The van der Waals surface area contributed by atoms with Gasteiger partial charge < -0.3 is 9.47 Å². The number of ether oxygens (including phenoxy) is 2. The van der Waals surface area contributed by atoms with Gasteiger partial charge in [0.25, 0.3) is 0 Å². The number of benzene rings is 3. The Morgan fingerprint density at radius 2 is 1.48 bits per heavy atom. The van der Waals surface area contributed by atoms with Gasteiger partial charge in [0.1, 0.15) is 11.5 Å². The molecule has 3 rings (SSSR count). The number of esters is 1. The number of methoxy groups -OCH3 is 1. The van der Waals surface area contributed by atoms with E-state index in [1.165, 1.54) is 12.5 Å². The lowest BCUT2D eigenvalue weighted by molar-refractivity contribution is 0.0600. The van der Waals surface area contributed by atoms with Crippen molar-refractivity contribution in [3.05, 3.63) is 72.3 Å². The van der Waals surface area contributed by atoms with Crippen LogP contribution in [0.5, 0.6) is 11.5 Å². The number of carbonyl (C=O) groups excluding carboxylic acids is 1. The van der Waals surface area contributed by atoms with Crippen molar-refractivity contribution in [2.24, 2.45) is 0 Å². The van der Waals surface area contributed by atoms with Crippen molar-refractivity contribution < 1.29 is 14.3 Å². The van der Waals surface area contributed by atoms with Crippen LogP contribution in [0.15, 0.2) is 66.7 Å². The molecule has 0 fully saturated rings. The summed E-state index contributed by atoms with van der Waals surface area (Å²) in [5.41, 5.74) is 0.503. The third kappa shape index (κ3) is 2.87. The van der Waals surface area contributed by atoms with Crippen LogP contribution in [0.25, 0.3) is 10.8 Å². The summed E-state index contributed by atoms with van der Waals surface area (Å²) in [5.74, 6) is 1.09. The first kappa shape index (κ1) is 13.2. The smallest absolute Gasteiger partial charge is 0.337 e. The first-order valence-electron chi connectivity index (χ1n) is 6.61. The lowest BCUT2D eigenvalue weighted by Crippen LogP contribution is -2.00. The molecule has 0 saturated heterocycles. The Morgan fingerprint density at radius 3 is 2.19 bits per heavy atom. The monoisotopic (exact) mass is 278 g/mol. The van der Waals surface area contributed by atoms with E-state index in [-0.39, 0.29) is 5.97 Å². The van der Waals surface area contributed by atoms with Crippen molar-refractivity contribution in [1.29, 1.82) is 0 Å². The molecule has 0 atom stereocenters. The molecule has 21 heavy (non-hydrogen) atoms. The van der Waals surface area contributed by atoms with E-state index in [4.69, 9.17) is 4.74 Å². The van der Waals surface area contributed by atoms with Crippen molar-refractivity contribution in [2.75, 3.05) is 7.11 Å². The topological polar surface area (TPSA) is 35.5 Å². The lowest BCUT2D eigenvalue weighted by atomic mass is 10.1. The van der Waals surface area contributed by atoms with E-state index in [2.05, 4.69) is 10.8 Å². The van der Waals surface area contributed by atoms with Gasteiger partial charge in [0.15, 0.2) is 0 Å². The van der Waals surface area contributed by atoms with Crippen LogP contribution in [0, 0.1) is 0 Å². The molecule has 0 saturated carbocycles. The Morgan fingerprint density at radius 1 is 0.810 bits per heavy atom. The van der Waals surface area contributed by atoms with Crippen LogP contribution in [-0.2, 0) is 4.74 Å². The second-order valence-corrected chi connectivity index (χ2v) is 4.63. The van der Waals surface area contributed by atoms with Gasteiger partial charge in [-0.25, -0.2) is 4.79 Å². The third-order valence-electron chi connectivity index (χ3n) is 3.23. The summed E-state index contributed by atoms with van der Waals surface area (Å²) in [6.45, 7) is 0. The fourth-order valence-corrected chi connectivity index (χ4v) is 2.14. The quantitative estimate of drug-likeness (QED) is 0.665. The molecule has 0 aliphatic rings. The predicted molar refractivity (Wildman–Crippen MR) is 81.8 cm³/mol. The Bertz CT molecular complexity index is 776. The number of carbonyl (C=O) groups is 1. The Labute approximate surface area is 122 Å². The van der Waals surface area contributed by atoms with Gasteiger partial charge in [0, 0.05) is 0 Å². The molecule has 0 radical (unpaired) electrons. The average molecular weight is 278 g/mol. The number of hydrogen-bond donors (Lipinski definition) is 0. The molecule has 0 aliphatic carbocycles.